The molecule has 10 heteroatoms. The van der Waals surface area contributed by atoms with Crippen LogP contribution in [0.5, 0.6) is 23.0 Å². The molecule has 0 aromatic heterocycles. The highest BCUT2D eigenvalue weighted by atomic mass is 16.8. The summed E-state index contributed by atoms with van der Waals surface area (Å²) < 4.78 is 33.6. The molecule has 4 aliphatic rings. The minimum absolute atomic E-state index is 0.188. The molecule has 1 fully saturated rings. The Labute approximate surface area is 202 Å². The van der Waals surface area contributed by atoms with Crippen molar-refractivity contribution in [3.05, 3.63) is 46.5 Å². The van der Waals surface area contributed by atoms with Gasteiger partial charge in [0.1, 0.15) is 18.3 Å². The first-order valence-corrected chi connectivity index (χ1v) is 11.7. The Morgan fingerprint density at radius 2 is 1.71 bits per heavy atom. The maximum atomic E-state index is 10.5. The maximum absolute atomic E-state index is 10.5. The second kappa shape index (κ2) is 8.81. The third-order valence-corrected chi connectivity index (χ3v) is 7.41. The SMILES string of the molecule is COc1ccc2c(c1O[C@H]1O[C@@H](OC)[C@H](O)[C@@H](O)[C@H]1O)CN1CCc3cc4c(cc3C1C2)OCO4. The minimum Gasteiger partial charge on any atom is -0.493 e. The van der Waals surface area contributed by atoms with Crippen LogP contribution in [0.2, 0.25) is 0 Å². The number of hydrogen-bond donors (Lipinski definition) is 3. The molecule has 10 nitrogen and oxygen atoms in total. The van der Waals surface area contributed by atoms with Crippen molar-refractivity contribution in [3.8, 4) is 23.0 Å². The molecule has 4 aliphatic heterocycles. The molecule has 6 atom stereocenters. The number of aliphatic hydroxyl groups excluding tert-OH is 3. The van der Waals surface area contributed by atoms with Crippen molar-refractivity contribution < 1.29 is 43.7 Å². The van der Waals surface area contributed by atoms with Crippen LogP contribution in [0.1, 0.15) is 28.3 Å². The predicted octanol–water partition coefficient (Wildman–Crippen LogP) is 0.870. The molecule has 2 aromatic rings. The van der Waals surface area contributed by atoms with Gasteiger partial charge in [0.15, 0.2) is 29.3 Å². The first-order valence-electron chi connectivity index (χ1n) is 11.7. The van der Waals surface area contributed by atoms with Crippen LogP contribution in [-0.2, 0) is 28.9 Å². The van der Waals surface area contributed by atoms with E-state index in [1.807, 2.05) is 12.1 Å². The second-order valence-corrected chi connectivity index (χ2v) is 9.28. The van der Waals surface area contributed by atoms with Crippen molar-refractivity contribution in [2.45, 2.75) is 56.3 Å². The van der Waals surface area contributed by atoms with E-state index >= 15 is 0 Å². The summed E-state index contributed by atoms with van der Waals surface area (Å²) in [5.41, 5.74) is 4.56. The van der Waals surface area contributed by atoms with Gasteiger partial charge in [0.05, 0.1) is 7.11 Å². The molecule has 0 spiro atoms. The highest BCUT2D eigenvalue weighted by molar-refractivity contribution is 5.55. The summed E-state index contributed by atoms with van der Waals surface area (Å²) in [4.78, 5) is 2.40. The Kier molecular flexibility index (Phi) is 5.75. The van der Waals surface area contributed by atoms with E-state index in [9.17, 15) is 15.3 Å². The van der Waals surface area contributed by atoms with Crippen LogP contribution in [0.3, 0.4) is 0 Å². The first kappa shape index (κ1) is 22.8. The van der Waals surface area contributed by atoms with E-state index in [1.54, 1.807) is 7.11 Å². The molecule has 1 unspecified atom stereocenters. The van der Waals surface area contributed by atoms with E-state index < -0.39 is 30.9 Å². The number of fused-ring (bicyclic) bond motifs is 5. The standard InChI is InChI=1S/C25H29NO9/c1-30-17-4-3-12-7-16-14-9-19-18(32-11-33-19)8-13(14)5-6-26(16)10-15(12)23(17)34-25-22(29)20(27)21(28)24(31-2)35-25/h3-4,8-9,16,20-22,24-25,27-29H,5-7,10-11H2,1-2H3/t16?,20-,21-,22-,24-,25+/m1/s1. The fraction of sp³-hybridized carbons (Fsp3) is 0.520. The second-order valence-electron chi connectivity index (χ2n) is 9.28. The maximum Gasteiger partial charge on any atom is 0.231 e. The molecule has 4 heterocycles. The zero-order chi connectivity index (χ0) is 24.3. The smallest absolute Gasteiger partial charge is 0.231 e. The summed E-state index contributed by atoms with van der Waals surface area (Å²) in [5, 5.41) is 30.9. The van der Waals surface area contributed by atoms with E-state index in [1.165, 1.54) is 18.2 Å². The van der Waals surface area contributed by atoms with Gasteiger partial charge in [-0.15, -0.1) is 0 Å². The van der Waals surface area contributed by atoms with Crippen LogP contribution in [0, 0.1) is 0 Å². The Hall–Kier alpha value is -2.60. The van der Waals surface area contributed by atoms with Crippen molar-refractivity contribution in [1.29, 1.82) is 0 Å². The fourth-order valence-electron chi connectivity index (χ4n) is 5.51. The summed E-state index contributed by atoms with van der Waals surface area (Å²) in [6.07, 6.45) is -5.09. The largest absolute Gasteiger partial charge is 0.493 e. The average Bonchev–Trinajstić information content (AvgIpc) is 3.34. The van der Waals surface area contributed by atoms with E-state index in [2.05, 4.69) is 17.0 Å². The van der Waals surface area contributed by atoms with Crippen molar-refractivity contribution in [3.63, 3.8) is 0 Å². The highest BCUT2D eigenvalue weighted by Gasteiger charge is 2.46. The lowest BCUT2D eigenvalue weighted by atomic mass is 9.83. The molecule has 35 heavy (non-hydrogen) atoms. The van der Waals surface area contributed by atoms with Crippen molar-refractivity contribution in [1.82, 2.24) is 4.90 Å². The molecule has 0 aliphatic carbocycles. The van der Waals surface area contributed by atoms with Crippen LogP contribution < -0.4 is 18.9 Å². The molecular weight excluding hydrogens is 458 g/mol. The molecular formula is C25H29NO9. The average molecular weight is 488 g/mol. The van der Waals surface area contributed by atoms with Gasteiger partial charge < -0.3 is 43.7 Å². The van der Waals surface area contributed by atoms with Crippen LogP contribution >= 0.6 is 0 Å². The molecule has 0 amide bonds. The summed E-state index contributed by atoms with van der Waals surface area (Å²) in [5.74, 6) is 2.53. The van der Waals surface area contributed by atoms with Crippen LogP contribution in [0.15, 0.2) is 24.3 Å². The topological polar surface area (TPSA) is 119 Å². The Morgan fingerprint density at radius 3 is 2.49 bits per heavy atom. The summed E-state index contributed by atoms with van der Waals surface area (Å²) in [7, 11) is 2.90. The van der Waals surface area contributed by atoms with Gasteiger partial charge in [-0.1, -0.05) is 6.07 Å². The zero-order valence-electron chi connectivity index (χ0n) is 19.5. The van der Waals surface area contributed by atoms with Gasteiger partial charge in [0.2, 0.25) is 13.1 Å². The van der Waals surface area contributed by atoms with Gasteiger partial charge in [0.25, 0.3) is 0 Å². The monoisotopic (exact) mass is 487 g/mol. The van der Waals surface area contributed by atoms with E-state index in [0.29, 0.717) is 18.0 Å². The van der Waals surface area contributed by atoms with E-state index in [4.69, 9.17) is 28.4 Å². The van der Waals surface area contributed by atoms with Crippen LogP contribution in [-0.4, -0.2) is 78.7 Å². The third kappa shape index (κ3) is 3.72. The third-order valence-electron chi connectivity index (χ3n) is 7.41. The molecule has 188 valence electrons. The zero-order valence-corrected chi connectivity index (χ0v) is 19.5. The molecule has 2 aromatic carbocycles. The van der Waals surface area contributed by atoms with E-state index in [-0.39, 0.29) is 12.8 Å². The Morgan fingerprint density at radius 1 is 0.943 bits per heavy atom. The molecule has 1 saturated heterocycles. The van der Waals surface area contributed by atoms with Gasteiger partial charge >= 0.3 is 0 Å². The number of methoxy groups -OCH3 is 2. The van der Waals surface area contributed by atoms with Gasteiger partial charge in [-0.3, -0.25) is 4.90 Å². The molecule has 0 saturated carbocycles. The van der Waals surface area contributed by atoms with Gasteiger partial charge in [-0.2, -0.15) is 0 Å². The molecule has 0 bridgehead atoms. The molecule has 0 radical (unpaired) electrons. The lowest BCUT2D eigenvalue weighted by Gasteiger charge is -2.43. The number of hydrogen-bond acceptors (Lipinski definition) is 10. The fourth-order valence-corrected chi connectivity index (χ4v) is 5.51. The summed E-state index contributed by atoms with van der Waals surface area (Å²) in [6.45, 7) is 1.73. The van der Waals surface area contributed by atoms with Crippen molar-refractivity contribution >= 4 is 0 Å². The Balaban J connectivity index is 1.33. The Bertz CT molecular complexity index is 1120. The number of nitrogens with zero attached hydrogens (tertiary/aromatic N) is 1. The normalized spacial score (nSPS) is 31.3. The lowest BCUT2D eigenvalue weighted by molar-refractivity contribution is -0.327. The first-order chi connectivity index (χ1) is 17.0. The highest BCUT2D eigenvalue weighted by Crippen LogP contribution is 2.47. The number of rotatable bonds is 4. The number of aliphatic hydroxyl groups is 3. The molecule has 3 N–H and O–H groups in total. The van der Waals surface area contributed by atoms with Gasteiger partial charge in [-0.05, 0) is 47.7 Å². The predicted molar refractivity (Wildman–Crippen MR) is 120 cm³/mol. The van der Waals surface area contributed by atoms with Crippen LogP contribution in [0.4, 0.5) is 0 Å². The number of benzene rings is 2. The summed E-state index contributed by atoms with van der Waals surface area (Å²) >= 11 is 0. The van der Waals surface area contributed by atoms with Gasteiger partial charge in [-0.25, -0.2) is 0 Å². The quantitative estimate of drug-likeness (QED) is 0.573. The minimum atomic E-state index is -1.49. The molecule has 6 rings (SSSR count). The van der Waals surface area contributed by atoms with Gasteiger partial charge in [0, 0.05) is 31.8 Å². The lowest BCUT2D eigenvalue weighted by Crippen LogP contribution is -2.59. The van der Waals surface area contributed by atoms with Crippen molar-refractivity contribution in [2.75, 3.05) is 27.6 Å². The van der Waals surface area contributed by atoms with Crippen LogP contribution in [0.25, 0.3) is 0 Å². The van der Waals surface area contributed by atoms with Crippen molar-refractivity contribution in [2.24, 2.45) is 0 Å². The van der Waals surface area contributed by atoms with E-state index in [0.717, 1.165) is 42.0 Å². The number of ether oxygens (including phenoxy) is 6. The summed E-state index contributed by atoms with van der Waals surface area (Å²) in [6, 6.07) is 8.26.